The smallest absolute Gasteiger partial charge is 0.220 e. The quantitative estimate of drug-likeness (QED) is 0.703. The molecule has 1 aromatic heterocycles. The molecule has 1 aliphatic rings. The SMILES string of the molecule is COc1ccc(-c2cnc(N)nc2[C@H]2CCCN(Cc3ccc(F)cc3)C2)cc1. The topological polar surface area (TPSA) is 64.3 Å². The second-order valence-electron chi connectivity index (χ2n) is 7.46. The van der Waals surface area contributed by atoms with Gasteiger partial charge in [-0.15, -0.1) is 0 Å². The number of aromatic nitrogens is 2. The minimum Gasteiger partial charge on any atom is -0.497 e. The van der Waals surface area contributed by atoms with E-state index in [0.29, 0.717) is 5.95 Å². The Bertz CT molecular complexity index is 960. The van der Waals surface area contributed by atoms with Crippen molar-refractivity contribution in [2.45, 2.75) is 25.3 Å². The zero-order valence-electron chi connectivity index (χ0n) is 16.5. The third-order valence-corrected chi connectivity index (χ3v) is 5.45. The average molecular weight is 392 g/mol. The van der Waals surface area contributed by atoms with E-state index in [-0.39, 0.29) is 11.7 Å². The van der Waals surface area contributed by atoms with Gasteiger partial charge < -0.3 is 10.5 Å². The molecule has 0 amide bonds. The number of piperidine rings is 1. The van der Waals surface area contributed by atoms with Gasteiger partial charge in [0.15, 0.2) is 0 Å². The molecule has 1 aliphatic heterocycles. The molecule has 5 nitrogen and oxygen atoms in total. The van der Waals surface area contributed by atoms with Crippen LogP contribution in [0.25, 0.3) is 11.1 Å². The molecule has 0 unspecified atom stereocenters. The van der Waals surface area contributed by atoms with E-state index in [0.717, 1.165) is 60.6 Å². The lowest BCUT2D eigenvalue weighted by atomic mass is 9.89. The van der Waals surface area contributed by atoms with Crippen LogP contribution in [0.2, 0.25) is 0 Å². The van der Waals surface area contributed by atoms with Crippen LogP contribution in [0, 0.1) is 5.82 Å². The molecule has 4 rings (SSSR count). The van der Waals surface area contributed by atoms with E-state index in [1.165, 1.54) is 12.1 Å². The highest BCUT2D eigenvalue weighted by molar-refractivity contribution is 5.67. The normalized spacial score (nSPS) is 17.2. The molecule has 150 valence electrons. The van der Waals surface area contributed by atoms with Gasteiger partial charge in [0, 0.05) is 30.8 Å². The summed E-state index contributed by atoms with van der Waals surface area (Å²) >= 11 is 0. The molecule has 1 fully saturated rings. The highest BCUT2D eigenvalue weighted by atomic mass is 19.1. The first-order chi connectivity index (χ1) is 14.1. The molecule has 29 heavy (non-hydrogen) atoms. The van der Waals surface area contributed by atoms with Crippen LogP contribution in [0.5, 0.6) is 5.75 Å². The fourth-order valence-electron chi connectivity index (χ4n) is 3.98. The van der Waals surface area contributed by atoms with Crippen LogP contribution in [0.15, 0.2) is 54.7 Å². The van der Waals surface area contributed by atoms with Gasteiger partial charge in [0.2, 0.25) is 5.95 Å². The van der Waals surface area contributed by atoms with E-state index >= 15 is 0 Å². The highest BCUT2D eigenvalue weighted by Gasteiger charge is 2.25. The van der Waals surface area contributed by atoms with Gasteiger partial charge in [0.25, 0.3) is 0 Å². The Morgan fingerprint density at radius 3 is 2.62 bits per heavy atom. The van der Waals surface area contributed by atoms with Crippen LogP contribution < -0.4 is 10.5 Å². The molecule has 1 atom stereocenters. The molecule has 2 heterocycles. The summed E-state index contributed by atoms with van der Waals surface area (Å²) in [5, 5.41) is 0. The number of likely N-dealkylation sites (tertiary alicyclic amines) is 1. The van der Waals surface area contributed by atoms with Gasteiger partial charge in [0.05, 0.1) is 12.8 Å². The zero-order chi connectivity index (χ0) is 20.2. The minimum atomic E-state index is -0.203. The number of nitrogens with two attached hydrogens (primary N) is 1. The van der Waals surface area contributed by atoms with Crippen molar-refractivity contribution in [1.29, 1.82) is 0 Å². The largest absolute Gasteiger partial charge is 0.497 e. The fourth-order valence-corrected chi connectivity index (χ4v) is 3.98. The van der Waals surface area contributed by atoms with Crippen LogP contribution in [-0.4, -0.2) is 35.1 Å². The van der Waals surface area contributed by atoms with Gasteiger partial charge in [-0.2, -0.15) is 0 Å². The van der Waals surface area contributed by atoms with Crippen LogP contribution in [-0.2, 0) is 6.54 Å². The molecule has 0 aliphatic carbocycles. The number of rotatable bonds is 5. The monoisotopic (exact) mass is 392 g/mol. The van der Waals surface area contributed by atoms with Crippen molar-refractivity contribution >= 4 is 5.95 Å². The van der Waals surface area contributed by atoms with Crippen molar-refractivity contribution in [2.75, 3.05) is 25.9 Å². The predicted octanol–water partition coefficient (Wildman–Crippen LogP) is 4.25. The van der Waals surface area contributed by atoms with Crippen molar-refractivity contribution in [3.8, 4) is 16.9 Å². The van der Waals surface area contributed by atoms with E-state index < -0.39 is 0 Å². The second-order valence-corrected chi connectivity index (χ2v) is 7.46. The summed E-state index contributed by atoms with van der Waals surface area (Å²) in [5.74, 6) is 1.18. The lowest BCUT2D eigenvalue weighted by molar-refractivity contribution is 0.198. The number of hydrogen-bond donors (Lipinski definition) is 1. The Balaban J connectivity index is 1.58. The molecule has 3 aromatic rings. The molecule has 2 aromatic carbocycles. The number of benzene rings is 2. The molecule has 0 bridgehead atoms. The third kappa shape index (κ3) is 4.54. The first kappa shape index (κ1) is 19.3. The van der Waals surface area contributed by atoms with Crippen molar-refractivity contribution < 1.29 is 9.13 Å². The summed E-state index contributed by atoms with van der Waals surface area (Å²) in [5.41, 5.74) is 10.1. The van der Waals surface area contributed by atoms with Gasteiger partial charge in [0.1, 0.15) is 11.6 Å². The molecule has 0 saturated carbocycles. The summed E-state index contributed by atoms with van der Waals surface area (Å²) in [7, 11) is 1.66. The maximum Gasteiger partial charge on any atom is 0.220 e. The van der Waals surface area contributed by atoms with Gasteiger partial charge in [-0.1, -0.05) is 24.3 Å². The van der Waals surface area contributed by atoms with Crippen LogP contribution in [0.3, 0.4) is 0 Å². The second kappa shape index (κ2) is 8.57. The fraction of sp³-hybridized carbons (Fsp3) is 0.304. The first-order valence-electron chi connectivity index (χ1n) is 9.86. The maximum atomic E-state index is 13.2. The Labute approximate surface area is 170 Å². The van der Waals surface area contributed by atoms with Crippen LogP contribution in [0.1, 0.15) is 30.0 Å². The Kier molecular flexibility index (Phi) is 5.71. The molecule has 6 heteroatoms. The molecule has 0 radical (unpaired) electrons. The number of nitrogen functional groups attached to an aromatic ring is 1. The van der Waals surface area contributed by atoms with Crippen LogP contribution >= 0.6 is 0 Å². The number of nitrogens with zero attached hydrogens (tertiary/aromatic N) is 3. The lowest BCUT2D eigenvalue weighted by Crippen LogP contribution is -2.34. The Morgan fingerprint density at radius 1 is 1.14 bits per heavy atom. The predicted molar refractivity (Wildman–Crippen MR) is 112 cm³/mol. The van der Waals surface area contributed by atoms with E-state index in [1.54, 1.807) is 7.11 Å². The summed E-state index contributed by atoms with van der Waals surface area (Å²) in [6.07, 6.45) is 3.95. The number of halogens is 1. The van der Waals surface area contributed by atoms with Crippen molar-refractivity contribution in [3.63, 3.8) is 0 Å². The molecule has 0 spiro atoms. The maximum absolute atomic E-state index is 13.2. The van der Waals surface area contributed by atoms with Crippen molar-refractivity contribution in [3.05, 3.63) is 71.8 Å². The summed E-state index contributed by atoms with van der Waals surface area (Å²) in [4.78, 5) is 11.3. The summed E-state index contributed by atoms with van der Waals surface area (Å²) in [6.45, 7) is 2.71. The lowest BCUT2D eigenvalue weighted by Gasteiger charge is -2.33. The highest BCUT2D eigenvalue weighted by Crippen LogP contribution is 2.34. The minimum absolute atomic E-state index is 0.203. The summed E-state index contributed by atoms with van der Waals surface area (Å²) < 4.78 is 18.5. The number of anilines is 1. The third-order valence-electron chi connectivity index (χ3n) is 5.45. The van der Waals surface area contributed by atoms with E-state index in [9.17, 15) is 4.39 Å². The first-order valence-corrected chi connectivity index (χ1v) is 9.86. The van der Waals surface area contributed by atoms with Crippen LogP contribution in [0.4, 0.5) is 10.3 Å². The average Bonchev–Trinajstić information content (AvgIpc) is 2.76. The van der Waals surface area contributed by atoms with E-state index in [4.69, 9.17) is 10.5 Å². The molecule has 2 N–H and O–H groups in total. The van der Waals surface area contributed by atoms with Gasteiger partial charge in [-0.3, -0.25) is 4.90 Å². The number of ether oxygens (including phenoxy) is 1. The van der Waals surface area contributed by atoms with Gasteiger partial charge in [-0.05, 0) is 54.8 Å². The number of methoxy groups -OCH3 is 1. The Morgan fingerprint density at radius 2 is 1.90 bits per heavy atom. The van der Waals surface area contributed by atoms with Crippen molar-refractivity contribution in [1.82, 2.24) is 14.9 Å². The Hall–Kier alpha value is -2.99. The van der Waals surface area contributed by atoms with Crippen molar-refractivity contribution in [2.24, 2.45) is 0 Å². The summed E-state index contributed by atoms with van der Waals surface area (Å²) in [6, 6.07) is 14.7. The molecular formula is C23H25FN4O. The number of hydrogen-bond acceptors (Lipinski definition) is 5. The van der Waals surface area contributed by atoms with Gasteiger partial charge >= 0.3 is 0 Å². The van der Waals surface area contributed by atoms with Gasteiger partial charge in [-0.25, -0.2) is 14.4 Å². The van der Waals surface area contributed by atoms with E-state index in [2.05, 4.69) is 14.9 Å². The van der Waals surface area contributed by atoms with E-state index in [1.807, 2.05) is 42.6 Å². The standard InChI is InChI=1S/C23H25FN4O/c1-29-20-10-6-17(7-11-20)21-13-26-23(25)27-22(21)18-3-2-12-28(15-18)14-16-4-8-19(24)9-5-16/h4-11,13,18H,2-3,12,14-15H2,1H3,(H2,25,26,27)/t18-/m0/s1. The molecular weight excluding hydrogens is 367 g/mol. The zero-order valence-corrected chi connectivity index (χ0v) is 16.5. The molecule has 1 saturated heterocycles.